The van der Waals surface area contributed by atoms with Gasteiger partial charge in [0, 0.05) is 49.4 Å². The van der Waals surface area contributed by atoms with Crippen molar-refractivity contribution in [3.8, 4) is 16.9 Å². The fourth-order valence-electron chi connectivity index (χ4n) is 3.21. The molecule has 0 radical (unpaired) electrons. The van der Waals surface area contributed by atoms with Gasteiger partial charge in [-0.05, 0) is 60.7 Å². The highest BCUT2D eigenvalue weighted by atomic mass is 32.2. The van der Waals surface area contributed by atoms with Gasteiger partial charge in [-0.2, -0.15) is 5.10 Å². The zero-order chi connectivity index (χ0) is 23.4. The largest absolute Gasteiger partial charge is 0.289 e. The first-order valence-corrected chi connectivity index (χ1v) is 11.6. The summed E-state index contributed by atoms with van der Waals surface area (Å²) in [6.45, 7) is 0. The van der Waals surface area contributed by atoms with E-state index in [9.17, 15) is 13.2 Å². The lowest BCUT2D eigenvalue weighted by Gasteiger charge is -2.11. The van der Waals surface area contributed by atoms with Gasteiger partial charge >= 0.3 is 0 Å². The summed E-state index contributed by atoms with van der Waals surface area (Å²) < 4.78 is 27.3. The molecule has 166 valence electrons. The molecule has 2 heterocycles. The fourth-order valence-corrected chi connectivity index (χ4v) is 4.11. The van der Waals surface area contributed by atoms with E-state index in [-0.39, 0.29) is 10.7 Å². The predicted octanol–water partition coefficient (Wildman–Crippen LogP) is 4.08. The zero-order valence-electron chi connectivity index (χ0n) is 18.2. The average molecular weight is 459 g/mol. The van der Waals surface area contributed by atoms with Crippen LogP contribution in [0.3, 0.4) is 0 Å². The molecule has 0 amide bonds. The van der Waals surface area contributed by atoms with Gasteiger partial charge in [0.1, 0.15) is 5.69 Å². The number of ketones is 1. The third-order valence-electron chi connectivity index (χ3n) is 5.03. The Kier molecular flexibility index (Phi) is 6.30. The van der Waals surface area contributed by atoms with Crippen molar-refractivity contribution in [2.45, 2.75) is 4.90 Å². The highest BCUT2D eigenvalue weighted by molar-refractivity contribution is 7.89. The lowest BCUT2D eigenvalue weighted by atomic mass is 10.1. The molecule has 0 bridgehead atoms. The molecule has 33 heavy (non-hydrogen) atoms. The standard InChI is InChI=1S/C25H22N4O3S/c1-28(2)33(31,32)23-13-10-19(11-14-23)24(30)15-12-21-18-29(22-8-4-3-5-9-22)27-25(21)20-7-6-16-26-17-20/h3-18H,1-2H3. The highest BCUT2D eigenvalue weighted by Gasteiger charge is 2.17. The second-order valence-electron chi connectivity index (χ2n) is 7.46. The lowest BCUT2D eigenvalue weighted by Crippen LogP contribution is -2.22. The molecule has 0 saturated heterocycles. The summed E-state index contributed by atoms with van der Waals surface area (Å²) in [5.74, 6) is -0.242. The topological polar surface area (TPSA) is 85.2 Å². The maximum Gasteiger partial charge on any atom is 0.242 e. The van der Waals surface area contributed by atoms with Gasteiger partial charge in [-0.15, -0.1) is 0 Å². The number of aromatic nitrogens is 3. The average Bonchev–Trinajstić information content (AvgIpc) is 3.28. The van der Waals surface area contributed by atoms with E-state index in [0.29, 0.717) is 11.3 Å². The van der Waals surface area contributed by atoms with Gasteiger partial charge in [0.05, 0.1) is 10.6 Å². The quantitative estimate of drug-likeness (QED) is 0.308. The van der Waals surface area contributed by atoms with Gasteiger partial charge in [0.25, 0.3) is 0 Å². The Bertz CT molecular complexity index is 1390. The van der Waals surface area contributed by atoms with E-state index in [1.54, 1.807) is 23.2 Å². The normalized spacial score (nSPS) is 11.8. The first-order valence-electron chi connectivity index (χ1n) is 10.2. The van der Waals surface area contributed by atoms with Crippen molar-refractivity contribution >= 4 is 21.9 Å². The number of nitrogens with zero attached hydrogens (tertiary/aromatic N) is 4. The molecule has 0 aliphatic heterocycles. The monoisotopic (exact) mass is 458 g/mol. The van der Waals surface area contributed by atoms with Crippen LogP contribution >= 0.6 is 0 Å². The van der Waals surface area contributed by atoms with Crippen LogP contribution < -0.4 is 0 Å². The van der Waals surface area contributed by atoms with E-state index in [2.05, 4.69) is 4.98 Å². The molecule has 4 aromatic rings. The second-order valence-corrected chi connectivity index (χ2v) is 9.62. The van der Waals surface area contributed by atoms with Gasteiger partial charge in [-0.1, -0.05) is 18.2 Å². The Morgan fingerprint density at radius 1 is 0.970 bits per heavy atom. The minimum absolute atomic E-state index is 0.135. The summed E-state index contributed by atoms with van der Waals surface area (Å²) in [5, 5.41) is 4.70. The van der Waals surface area contributed by atoms with Crippen molar-refractivity contribution < 1.29 is 13.2 Å². The molecule has 0 atom stereocenters. The van der Waals surface area contributed by atoms with E-state index < -0.39 is 10.0 Å². The highest BCUT2D eigenvalue weighted by Crippen LogP contribution is 2.24. The number of hydrogen-bond acceptors (Lipinski definition) is 5. The number of pyridine rings is 1. The summed E-state index contributed by atoms with van der Waals surface area (Å²) in [6.07, 6.45) is 8.44. The van der Waals surface area contributed by atoms with E-state index in [1.165, 1.54) is 44.4 Å². The van der Waals surface area contributed by atoms with Crippen LogP contribution in [0.25, 0.3) is 23.0 Å². The number of para-hydroxylation sites is 1. The molecule has 2 aromatic carbocycles. The van der Waals surface area contributed by atoms with Crippen LogP contribution in [-0.2, 0) is 10.0 Å². The first kappa shape index (κ1) is 22.3. The summed E-state index contributed by atoms with van der Waals surface area (Å²) in [6, 6.07) is 19.3. The van der Waals surface area contributed by atoms with Crippen LogP contribution in [0, 0.1) is 0 Å². The Balaban J connectivity index is 1.65. The van der Waals surface area contributed by atoms with E-state index >= 15 is 0 Å². The molecular weight excluding hydrogens is 436 g/mol. The SMILES string of the molecule is CN(C)S(=O)(=O)c1ccc(C(=O)C=Cc2cn(-c3ccccc3)nc2-c2cccnc2)cc1. The summed E-state index contributed by atoms with van der Waals surface area (Å²) >= 11 is 0. The van der Waals surface area contributed by atoms with Gasteiger partial charge in [0.2, 0.25) is 10.0 Å². The molecule has 0 saturated carbocycles. The molecule has 0 fully saturated rings. The number of sulfonamides is 1. The molecule has 0 spiro atoms. The van der Waals surface area contributed by atoms with Crippen LogP contribution in [0.5, 0.6) is 0 Å². The van der Waals surface area contributed by atoms with Crippen molar-refractivity contribution in [1.82, 2.24) is 19.1 Å². The van der Waals surface area contributed by atoms with Crippen LogP contribution in [0.1, 0.15) is 15.9 Å². The molecule has 0 unspecified atom stereocenters. The molecule has 8 heteroatoms. The summed E-state index contributed by atoms with van der Waals surface area (Å²) in [4.78, 5) is 17.1. The summed E-state index contributed by atoms with van der Waals surface area (Å²) in [5.41, 5.74) is 3.57. The minimum atomic E-state index is -3.55. The Morgan fingerprint density at radius 3 is 2.33 bits per heavy atom. The van der Waals surface area contributed by atoms with Crippen molar-refractivity contribution in [3.05, 3.63) is 103 Å². The molecule has 2 aromatic heterocycles. The summed E-state index contributed by atoms with van der Waals surface area (Å²) in [7, 11) is -0.618. The van der Waals surface area contributed by atoms with Crippen molar-refractivity contribution in [2.24, 2.45) is 0 Å². The number of rotatable bonds is 7. The molecule has 0 N–H and O–H groups in total. The maximum atomic E-state index is 12.8. The molecular formula is C25H22N4O3S. The third kappa shape index (κ3) is 4.82. The molecule has 0 aliphatic rings. The smallest absolute Gasteiger partial charge is 0.242 e. The fraction of sp³-hybridized carbons (Fsp3) is 0.0800. The number of carbonyl (C=O) groups excluding carboxylic acids is 1. The van der Waals surface area contributed by atoms with E-state index in [4.69, 9.17) is 5.10 Å². The van der Waals surface area contributed by atoms with Crippen LogP contribution in [0.15, 0.2) is 96.3 Å². The van der Waals surface area contributed by atoms with Crippen LogP contribution in [0.4, 0.5) is 0 Å². The number of benzene rings is 2. The third-order valence-corrected chi connectivity index (χ3v) is 6.86. The van der Waals surface area contributed by atoms with E-state index in [0.717, 1.165) is 21.1 Å². The molecule has 7 nitrogen and oxygen atoms in total. The van der Waals surface area contributed by atoms with Gasteiger partial charge < -0.3 is 0 Å². The Morgan fingerprint density at radius 2 is 1.70 bits per heavy atom. The minimum Gasteiger partial charge on any atom is -0.289 e. The first-order chi connectivity index (χ1) is 15.9. The zero-order valence-corrected chi connectivity index (χ0v) is 19.0. The molecule has 4 rings (SSSR count). The van der Waals surface area contributed by atoms with Crippen LogP contribution in [0.2, 0.25) is 0 Å². The lowest BCUT2D eigenvalue weighted by molar-refractivity contribution is 0.104. The van der Waals surface area contributed by atoms with Gasteiger partial charge in [0.15, 0.2) is 5.78 Å². The van der Waals surface area contributed by atoms with Crippen molar-refractivity contribution in [2.75, 3.05) is 14.1 Å². The second kappa shape index (κ2) is 9.32. The Labute approximate surface area is 192 Å². The number of hydrogen-bond donors (Lipinski definition) is 0. The van der Waals surface area contributed by atoms with Crippen LogP contribution in [-0.4, -0.2) is 47.4 Å². The van der Waals surface area contributed by atoms with Crippen molar-refractivity contribution in [3.63, 3.8) is 0 Å². The number of allylic oxidation sites excluding steroid dienone is 1. The number of carbonyl (C=O) groups is 1. The maximum absolute atomic E-state index is 12.8. The predicted molar refractivity (Wildman–Crippen MR) is 127 cm³/mol. The Hall–Kier alpha value is -3.88. The van der Waals surface area contributed by atoms with Gasteiger partial charge in [-0.3, -0.25) is 9.78 Å². The van der Waals surface area contributed by atoms with Gasteiger partial charge in [-0.25, -0.2) is 17.4 Å². The van der Waals surface area contributed by atoms with Crippen molar-refractivity contribution in [1.29, 1.82) is 0 Å². The molecule has 0 aliphatic carbocycles. The van der Waals surface area contributed by atoms with E-state index in [1.807, 2.05) is 48.7 Å².